The minimum absolute atomic E-state index is 0.0465. The van der Waals surface area contributed by atoms with E-state index in [4.69, 9.17) is 4.74 Å². The van der Waals surface area contributed by atoms with Crippen molar-refractivity contribution in [3.63, 3.8) is 0 Å². The van der Waals surface area contributed by atoms with Crippen LogP contribution in [0.2, 0.25) is 0 Å². The molecular formula is C21H27N3O3. The van der Waals surface area contributed by atoms with Crippen LogP contribution in [-0.2, 0) is 9.59 Å². The first-order valence-corrected chi connectivity index (χ1v) is 9.05. The van der Waals surface area contributed by atoms with E-state index >= 15 is 0 Å². The average molecular weight is 369 g/mol. The van der Waals surface area contributed by atoms with Crippen molar-refractivity contribution >= 4 is 28.9 Å². The highest BCUT2D eigenvalue weighted by atomic mass is 16.5. The first-order chi connectivity index (χ1) is 12.8. The molecule has 6 heteroatoms. The van der Waals surface area contributed by atoms with Crippen LogP contribution in [0.1, 0.15) is 27.7 Å². The molecular weight excluding hydrogens is 342 g/mol. The van der Waals surface area contributed by atoms with Crippen LogP contribution >= 0.6 is 0 Å². The lowest BCUT2D eigenvalue weighted by Gasteiger charge is -2.12. The number of rotatable bonds is 8. The smallest absolute Gasteiger partial charge is 0.243 e. The Hall–Kier alpha value is -3.02. The van der Waals surface area contributed by atoms with E-state index in [-0.39, 0.29) is 30.4 Å². The zero-order valence-corrected chi connectivity index (χ0v) is 16.2. The maximum atomic E-state index is 12.1. The van der Waals surface area contributed by atoms with Gasteiger partial charge in [-0.25, -0.2) is 0 Å². The summed E-state index contributed by atoms with van der Waals surface area (Å²) in [7, 11) is 0. The van der Waals surface area contributed by atoms with Crippen LogP contribution < -0.4 is 20.7 Å². The van der Waals surface area contributed by atoms with Crippen LogP contribution in [0, 0.1) is 5.92 Å². The van der Waals surface area contributed by atoms with E-state index in [2.05, 4.69) is 16.0 Å². The van der Waals surface area contributed by atoms with Gasteiger partial charge in [0.2, 0.25) is 11.8 Å². The first kappa shape index (κ1) is 20.3. The maximum Gasteiger partial charge on any atom is 0.243 e. The molecule has 6 nitrogen and oxygen atoms in total. The van der Waals surface area contributed by atoms with Gasteiger partial charge in [0.25, 0.3) is 0 Å². The fourth-order valence-electron chi connectivity index (χ4n) is 2.27. The second-order valence-corrected chi connectivity index (χ2v) is 6.82. The van der Waals surface area contributed by atoms with Crippen molar-refractivity contribution in [3.8, 4) is 5.75 Å². The third kappa shape index (κ3) is 7.01. The largest absolute Gasteiger partial charge is 0.491 e. The van der Waals surface area contributed by atoms with Gasteiger partial charge in [-0.2, -0.15) is 0 Å². The van der Waals surface area contributed by atoms with Crippen LogP contribution in [-0.4, -0.2) is 24.5 Å². The third-order valence-corrected chi connectivity index (χ3v) is 3.62. The maximum absolute atomic E-state index is 12.1. The molecule has 2 aromatic carbocycles. The van der Waals surface area contributed by atoms with E-state index in [0.29, 0.717) is 11.4 Å². The topological polar surface area (TPSA) is 79.5 Å². The minimum Gasteiger partial charge on any atom is -0.491 e. The highest BCUT2D eigenvalue weighted by Crippen LogP contribution is 2.18. The fourth-order valence-corrected chi connectivity index (χ4v) is 2.27. The van der Waals surface area contributed by atoms with E-state index in [1.54, 1.807) is 18.2 Å². The predicted octanol–water partition coefficient (Wildman–Crippen LogP) is 4.12. The monoisotopic (exact) mass is 369 g/mol. The zero-order chi connectivity index (χ0) is 19.8. The third-order valence-electron chi connectivity index (χ3n) is 3.62. The summed E-state index contributed by atoms with van der Waals surface area (Å²) < 4.78 is 5.58. The normalized spacial score (nSPS) is 10.6. The Kier molecular flexibility index (Phi) is 7.23. The van der Waals surface area contributed by atoms with Crippen molar-refractivity contribution < 1.29 is 14.3 Å². The predicted molar refractivity (Wildman–Crippen MR) is 109 cm³/mol. The van der Waals surface area contributed by atoms with Crippen LogP contribution in [0.25, 0.3) is 0 Å². The summed E-state index contributed by atoms with van der Waals surface area (Å²) in [6.45, 7) is 7.72. The molecule has 0 spiro atoms. The van der Waals surface area contributed by atoms with E-state index in [9.17, 15) is 9.59 Å². The van der Waals surface area contributed by atoms with Crippen molar-refractivity contribution in [3.05, 3.63) is 48.5 Å². The average Bonchev–Trinajstić information content (AvgIpc) is 2.61. The number of nitrogens with one attached hydrogen (secondary N) is 3. The van der Waals surface area contributed by atoms with Gasteiger partial charge in [0.15, 0.2) is 0 Å². The molecule has 2 rings (SSSR count). The van der Waals surface area contributed by atoms with Crippen molar-refractivity contribution in [1.82, 2.24) is 0 Å². The molecule has 0 saturated carbocycles. The van der Waals surface area contributed by atoms with E-state index < -0.39 is 0 Å². The molecule has 0 bridgehead atoms. The summed E-state index contributed by atoms with van der Waals surface area (Å²) in [6.07, 6.45) is 0.107. The summed E-state index contributed by atoms with van der Waals surface area (Å²) in [4.78, 5) is 23.9. The van der Waals surface area contributed by atoms with Crippen LogP contribution in [0.15, 0.2) is 48.5 Å². The lowest BCUT2D eigenvalue weighted by Crippen LogP contribution is -2.22. The molecule has 0 aromatic heterocycles. The van der Waals surface area contributed by atoms with Crippen LogP contribution in [0.4, 0.5) is 17.1 Å². The summed E-state index contributed by atoms with van der Waals surface area (Å²) in [5.41, 5.74) is 2.16. The van der Waals surface area contributed by atoms with Crippen LogP contribution in [0.5, 0.6) is 5.75 Å². The number of ether oxygens (including phenoxy) is 1. The quantitative estimate of drug-likeness (QED) is 0.654. The van der Waals surface area contributed by atoms with Crippen molar-refractivity contribution in [2.75, 3.05) is 22.5 Å². The number of amides is 2. The van der Waals surface area contributed by atoms with Gasteiger partial charge in [-0.05, 0) is 56.3 Å². The molecule has 0 unspecified atom stereocenters. The molecule has 2 amide bonds. The lowest BCUT2D eigenvalue weighted by molar-refractivity contribution is -0.119. The summed E-state index contributed by atoms with van der Waals surface area (Å²) in [6, 6.07) is 14.5. The van der Waals surface area contributed by atoms with Gasteiger partial charge in [-0.15, -0.1) is 0 Å². The van der Waals surface area contributed by atoms with E-state index in [0.717, 1.165) is 11.4 Å². The molecule has 0 aliphatic carbocycles. The Balaban J connectivity index is 1.85. The highest BCUT2D eigenvalue weighted by molar-refractivity contribution is 5.94. The van der Waals surface area contributed by atoms with Crippen molar-refractivity contribution in [2.45, 2.75) is 33.8 Å². The number of hydrogen-bond donors (Lipinski definition) is 3. The van der Waals surface area contributed by atoms with Crippen molar-refractivity contribution in [2.24, 2.45) is 5.92 Å². The number of benzene rings is 2. The molecule has 0 heterocycles. The Bertz CT molecular complexity index is 770. The molecule has 0 saturated heterocycles. The molecule has 27 heavy (non-hydrogen) atoms. The molecule has 2 aromatic rings. The molecule has 0 fully saturated rings. The van der Waals surface area contributed by atoms with Crippen LogP contribution in [0.3, 0.4) is 0 Å². The van der Waals surface area contributed by atoms with Gasteiger partial charge in [-0.3, -0.25) is 9.59 Å². The molecule has 144 valence electrons. The van der Waals surface area contributed by atoms with E-state index in [1.165, 1.54) is 0 Å². The molecule has 0 aliphatic rings. The Morgan fingerprint density at radius 1 is 0.889 bits per heavy atom. The summed E-state index contributed by atoms with van der Waals surface area (Å²) >= 11 is 0. The Morgan fingerprint density at radius 2 is 1.56 bits per heavy atom. The SMILES string of the molecule is CC(C)Oc1ccc(NC(=O)CNc2cccc(NC(=O)C(C)C)c2)cc1. The van der Waals surface area contributed by atoms with Gasteiger partial charge in [0.1, 0.15) is 5.75 Å². The number of anilines is 3. The lowest BCUT2D eigenvalue weighted by atomic mass is 10.2. The number of hydrogen-bond acceptors (Lipinski definition) is 4. The summed E-state index contributed by atoms with van der Waals surface area (Å²) in [5, 5.41) is 8.72. The number of carbonyl (C=O) groups excluding carboxylic acids is 2. The van der Waals surface area contributed by atoms with Crippen molar-refractivity contribution in [1.29, 1.82) is 0 Å². The second kappa shape index (κ2) is 9.62. The summed E-state index contributed by atoms with van der Waals surface area (Å²) in [5.74, 6) is 0.463. The first-order valence-electron chi connectivity index (χ1n) is 9.05. The molecule has 0 radical (unpaired) electrons. The number of carbonyl (C=O) groups is 2. The Morgan fingerprint density at radius 3 is 2.19 bits per heavy atom. The Labute approximate surface area is 160 Å². The van der Waals surface area contributed by atoms with Gasteiger partial charge >= 0.3 is 0 Å². The van der Waals surface area contributed by atoms with Gasteiger partial charge in [-0.1, -0.05) is 19.9 Å². The minimum atomic E-state index is -0.163. The van der Waals surface area contributed by atoms with Gasteiger partial charge in [0, 0.05) is 23.0 Å². The van der Waals surface area contributed by atoms with Gasteiger partial charge < -0.3 is 20.7 Å². The second-order valence-electron chi connectivity index (χ2n) is 6.82. The standard InChI is InChI=1S/C21H27N3O3/c1-14(2)21(26)24-18-7-5-6-17(12-18)22-13-20(25)23-16-8-10-19(11-9-16)27-15(3)4/h5-12,14-15,22H,13H2,1-4H3,(H,23,25)(H,24,26). The molecule has 3 N–H and O–H groups in total. The molecule has 0 atom stereocenters. The fraction of sp³-hybridized carbons (Fsp3) is 0.333. The highest BCUT2D eigenvalue weighted by Gasteiger charge is 2.08. The van der Waals surface area contributed by atoms with Gasteiger partial charge in [0.05, 0.1) is 12.6 Å². The van der Waals surface area contributed by atoms with E-state index in [1.807, 2.05) is 58.0 Å². The molecule has 0 aliphatic heterocycles. The zero-order valence-electron chi connectivity index (χ0n) is 16.2.